The van der Waals surface area contributed by atoms with E-state index >= 15 is 0 Å². The maximum Gasteiger partial charge on any atom is 0.236 e. The van der Waals surface area contributed by atoms with Crippen molar-refractivity contribution in [2.45, 2.75) is 25.4 Å². The first-order valence-electron chi connectivity index (χ1n) is 8.02. The molecule has 3 rings (SSSR count). The number of hydrogen-bond donors (Lipinski definition) is 1. The van der Waals surface area contributed by atoms with Crippen molar-refractivity contribution in [1.82, 2.24) is 15.0 Å². The van der Waals surface area contributed by atoms with Gasteiger partial charge in [-0.3, -0.25) is 4.79 Å². The number of carbonyl (C=O) groups excluding carboxylic acids is 1. The van der Waals surface area contributed by atoms with Gasteiger partial charge in [-0.2, -0.15) is 0 Å². The minimum absolute atomic E-state index is 0.145. The quantitative estimate of drug-likeness (QED) is 0.424. The van der Waals surface area contributed by atoms with E-state index in [1.807, 2.05) is 26.0 Å². The van der Waals surface area contributed by atoms with Crippen LogP contribution in [0.1, 0.15) is 21.8 Å². The normalized spacial score (nSPS) is 10.8. The summed E-state index contributed by atoms with van der Waals surface area (Å²) in [6.45, 7) is 3.81. The molecule has 2 aromatic heterocycles. The topological polar surface area (TPSA) is 67.8 Å². The number of rotatable bonds is 6. The van der Waals surface area contributed by atoms with Crippen molar-refractivity contribution in [1.29, 1.82) is 0 Å². The highest BCUT2D eigenvalue weighted by molar-refractivity contribution is 7.99. The van der Waals surface area contributed by atoms with E-state index in [0.29, 0.717) is 26.8 Å². The number of thiazole rings is 1. The molecule has 140 valence electrons. The van der Waals surface area contributed by atoms with Crippen LogP contribution in [0, 0.1) is 13.8 Å². The molecule has 0 bridgehead atoms. The molecule has 0 aliphatic heterocycles. The molecule has 0 radical (unpaired) electrons. The third-order valence-electron chi connectivity index (χ3n) is 3.47. The van der Waals surface area contributed by atoms with Crippen LogP contribution in [0.15, 0.2) is 35.6 Å². The standard InChI is InChI=1S/C18H16Cl2N4OS2/c1-10-5-11(2)23-18(22-10)26-9-16(25)24-17-21-8-14(27-17)6-12-3-4-13(19)7-15(12)20/h3-5,7-8H,6,9H2,1-2H3,(H,21,24,25). The van der Waals surface area contributed by atoms with Gasteiger partial charge in [0.15, 0.2) is 10.3 Å². The minimum Gasteiger partial charge on any atom is -0.301 e. The van der Waals surface area contributed by atoms with Crippen molar-refractivity contribution in [3.05, 3.63) is 62.3 Å². The number of nitrogens with zero attached hydrogens (tertiary/aromatic N) is 3. The number of anilines is 1. The Kier molecular flexibility index (Phi) is 6.70. The van der Waals surface area contributed by atoms with E-state index < -0.39 is 0 Å². The number of aromatic nitrogens is 3. The number of thioether (sulfide) groups is 1. The molecule has 0 saturated heterocycles. The Morgan fingerprint density at radius 2 is 1.93 bits per heavy atom. The molecule has 0 atom stereocenters. The molecule has 0 aliphatic carbocycles. The largest absolute Gasteiger partial charge is 0.301 e. The molecule has 1 aromatic carbocycles. The number of amides is 1. The van der Waals surface area contributed by atoms with Gasteiger partial charge in [-0.05, 0) is 37.6 Å². The van der Waals surface area contributed by atoms with Gasteiger partial charge in [-0.1, -0.05) is 41.0 Å². The molecule has 1 amide bonds. The van der Waals surface area contributed by atoms with Gasteiger partial charge in [-0.25, -0.2) is 15.0 Å². The van der Waals surface area contributed by atoms with Crippen LogP contribution in [-0.2, 0) is 11.2 Å². The van der Waals surface area contributed by atoms with Gasteiger partial charge >= 0.3 is 0 Å². The van der Waals surface area contributed by atoms with Crippen molar-refractivity contribution in [3.8, 4) is 0 Å². The summed E-state index contributed by atoms with van der Waals surface area (Å²) in [5.74, 6) is 0.0778. The first kappa shape index (κ1) is 20.1. The van der Waals surface area contributed by atoms with Gasteiger partial charge in [0.2, 0.25) is 5.91 Å². The molecule has 0 unspecified atom stereocenters. The lowest BCUT2D eigenvalue weighted by Gasteiger charge is -2.03. The Morgan fingerprint density at radius 3 is 2.63 bits per heavy atom. The maximum absolute atomic E-state index is 12.2. The second kappa shape index (κ2) is 9.01. The molecular weight excluding hydrogens is 423 g/mol. The van der Waals surface area contributed by atoms with Gasteiger partial charge < -0.3 is 5.32 Å². The highest BCUT2D eigenvalue weighted by atomic mass is 35.5. The lowest BCUT2D eigenvalue weighted by atomic mass is 10.1. The van der Waals surface area contributed by atoms with Crippen LogP contribution >= 0.6 is 46.3 Å². The highest BCUT2D eigenvalue weighted by Gasteiger charge is 2.11. The fourth-order valence-corrected chi connectivity index (χ4v) is 4.42. The molecule has 1 N–H and O–H groups in total. The summed E-state index contributed by atoms with van der Waals surface area (Å²) in [6, 6.07) is 7.31. The van der Waals surface area contributed by atoms with Gasteiger partial charge in [0, 0.05) is 38.9 Å². The highest BCUT2D eigenvalue weighted by Crippen LogP contribution is 2.27. The predicted molar refractivity (Wildman–Crippen MR) is 112 cm³/mol. The zero-order valence-electron chi connectivity index (χ0n) is 14.6. The molecule has 9 heteroatoms. The molecule has 0 aliphatic rings. The van der Waals surface area contributed by atoms with Gasteiger partial charge in [-0.15, -0.1) is 11.3 Å². The van der Waals surface area contributed by atoms with Gasteiger partial charge in [0.25, 0.3) is 0 Å². The van der Waals surface area contributed by atoms with Crippen molar-refractivity contribution >= 4 is 57.3 Å². The summed E-state index contributed by atoms with van der Waals surface area (Å²) in [5, 5.41) is 5.18. The van der Waals surface area contributed by atoms with E-state index in [0.717, 1.165) is 21.8 Å². The number of nitrogens with one attached hydrogen (secondary N) is 1. The van der Waals surface area contributed by atoms with Crippen LogP contribution in [0.25, 0.3) is 0 Å². The minimum atomic E-state index is -0.145. The average molecular weight is 439 g/mol. The number of benzene rings is 1. The summed E-state index contributed by atoms with van der Waals surface area (Å²) in [4.78, 5) is 26.0. The first-order chi connectivity index (χ1) is 12.9. The summed E-state index contributed by atoms with van der Waals surface area (Å²) >= 11 is 14.8. The monoisotopic (exact) mass is 438 g/mol. The van der Waals surface area contributed by atoms with E-state index in [2.05, 4.69) is 20.3 Å². The summed E-state index contributed by atoms with van der Waals surface area (Å²) in [7, 11) is 0. The first-order valence-corrected chi connectivity index (χ1v) is 10.6. The third kappa shape index (κ3) is 5.90. The maximum atomic E-state index is 12.2. The summed E-state index contributed by atoms with van der Waals surface area (Å²) in [5.41, 5.74) is 2.73. The second-order valence-corrected chi connectivity index (χ2v) is 8.72. The summed E-state index contributed by atoms with van der Waals surface area (Å²) in [6.07, 6.45) is 2.38. The van der Waals surface area contributed by atoms with Crippen LogP contribution in [0.5, 0.6) is 0 Å². The Hall–Kier alpha value is -1.67. The van der Waals surface area contributed by atoms with Crippen LogP contribution in [-0.4, -0.2) is 26.6 Å². The molecule has 0 spiro atoms. The van der Waals surface area contributed by atoms with E-state index in [-0.39, 0.29) is 11.7 Å². The molecule has 0 fully saturated rings. The molecule has 3 aromatic rings. The van der Waals surface area contributed by atoms with Crippen molar-refractivity contribution < 1.29 is 4.79 Å². The average Bonchev–Trinajstić information content (AvgIpc) is 3.02. The Morgan fingerprint density at radius 1 is 1.19 bits per heavy atom. The SMILES string of the molecule is Cc1cc(C)nc(SCC(=O)Nc2ncc(Cc3ccc(Cl)cc3Cl)s2)n1. The van der Waals surface area contributed by atoms with E-state index in [1.165, 1.54) is 23.1 Å². The van der Waals surface area contributed by atoms with E-state index in [9.17, 15) is 4.79 Å². The zero-order valence-corrected chi connectivity index (χ0v) is 17.8. The zero-order chi connectivity index (χ0) is 19.4. The third-order valence-corrected chi connectivity index (χ3v) is 5.82. The predicted octanol–water partition coefficient (Wildman–Crippen LogP) is 5.18. The van der Waals surface area contributed by atoms with Crippen molar-refractivity contribution in [3.63, 3.8) is 0 Å². The summed E-state index contributed by atoms with van der Waals surface area (Å²) < 4.78 is 0. The molecule has 5 nitrogen and oxygen atoms in total. The van der Waals surface area contributed by atoms with Crippen molar-refractivity contribution in [2.75, 3.05) is 11.1 Å². The fraction of sp³-hybridized carbons (Fsp3) is 0.222. The van der Waals surface area contributed by atoms with Crippen LogP contribution in [0.4, 0.5) is 5.13 Å². The Bertz CT molecular complexity index is 957. The van der Waals surface area contributed by atoms with Crippen molar-refractivity contribution in [2.24, 2.45) is 0 Å². The number of carbonyl (C=O) groups is 1. The number of hydrogen-bond acceptors (Lipinski definition) is 6. The number of aryl methyl sites for hydroxylation is 2. The number of halogens is 2. The van der Waals surface area contributed by atoms with E-state index in [1.54, 1.807) is 18.3 Å². The van der Waals surface area contributed by atoms with Crippen LogP contribution < -0.4 is 5.32 Å². The Balaban J connectivity index is 1.56. The van der Waals surface area contributed by atoms with Crippen LogP contribution in [0.2, 0.25) is 10.0 Å². The molecular formula is C18H16Cl2N4OS2. The lowest BCUT2D eigenvalue weighted by Crippen LogP contribution is -2.14. The van der Waals surface area contributed by atoms with Gasteiger partial charge in [0.1, 0.15) is 0 Å². The van der Waals surface area contributed by atoms with E-state index in [4.69, 9.17) is 23.2 Å². The molecule has 2 heterocycles. The second-order valence-electron chi connectivity index (χ2n) is 5.81. The van der Waals surface area contributed by atoms with Gasteiger partial charge in [0.05, 0.1) is 5.75 Å². The van der Waals surface area contributed by atoms with Crippen LogP contribution in [0.3, 0.4) is 0 Å². The smallest absolute Gasteiger partial charge is 0.236 e. The molecule has 0 saturated carbocycles. The fourth-order valence-electron chi connectivity index (χ4n) is 2.34. The molecule has 27 heavy (non-hydrogen) atoms. The Labute approximate surface area is 175 Å². The lowest BCUT2D eigenvalue weighted by molar-refractivity contribution is -0.113.